The maximum absolute atomic E-state index is 13.7. The predicted octanol–water partition coefficient (Wildman–Crippen LogP) is 2.12. The number of nitrogens with two attached hydrogens (primary N) is 1. The number of nitrogens with zero attached hydrogens (tertiary/aromatic N) is 3. The van der Waals surface area contributed by atoms with E-state index in [0.717, 1.165) is 5.69 Å². The molecule has 0 amide bonds. The summed E-state index contributed by atoms with van der Waals surface area (Å²) >= 11 is 0. The lowest BCUT2D eigenvalue weighted by atomic mass is 10.1. The molecule has 0 aliphatic carbocycles. The largest absolute Gasteiger partial charge is 0.494 e. The first-order valence-electron chi connectivity index (χ1n) is 5.59. The molecular weight excluding hydrogens is 235 g/mol. The van der Waals surface area contributed by atoms with E-state index < -0.39 is 5.82 Å². The molecule has 0 fully saturated rings. The van der Waals surface area contributed by atoms with Gasteiger partial charge in [0.05, 0.1) is 18.5 Å². The number of benzene rings is 1. The zero-order valence-electron chi connectivity index (χ0n) is 10.5. The zero-order valence-corrected chi connectivity index (χ0v) is 10.5. The number of anilines is 1. The van der Waals surface area contributed by atoms with E-state index in [-0.39, 0.29) is 11.7 Å². The molecule has 0 bridgehead atoms. The fraction of sp³-hybridized carbons (Fsp3) is 0.333. The third-order valence-corrected chi connectivity index (χ3v) is 2.66. The molecule has 18 heavy (non-hydrogen) atoms. The van der Waals surface area contributed by atoms with Gasteiger partial charge >= 0.3 is 0 Å². The van der Waals surface area contributed by atoms with E-state index in [4.69, 9.17) is 10.5 Å². The number of halogens is 1. The van der Waals surface area contributed by atoms with Crippen molar-refractivity contribution in [2.45, 2.75) is 19.8 Å². The topological polar surface area (TPSA) is 66.0 Å². The summed E-state index contributed by atoms with van der Waals surface area (Å²) in [7, 11) is 1.42. The molecule has 0 radical (unpaired) electrons. The highest BCUT2D eigenvalue weighted by Gasteiger charge is 2.16. The Morgan fingerprint density at radius 1 is 1.39 bits per heavy atom. The molecule has 0 aliphatic rings. The first-order chi connectivity index (χ1) is 8.54. The second kappa shape index (κ2) is 4.64. The van der Waals surface area contributed by atoms with Gasteiger partial charge in [0.25, 0.3) is 0 Å². The molecule has 0 spiro atoms. The van der Waals surface area contributed by atoms with Gasteiger partial charge in [0.2, 0.25) is 0 Å². The van der Waals surface area contributed by atoms with Gasteiger partial charge in [0.1, 0.15) is 0 Å². The van der Waals surface area contributed by atoms with Crippen LogP contribution in [0.4, 0.5) is 10.2 Å². The second-order valence-corrected chi connectivity index (χ2v) is 4.25. The van der Waals surface area contributed by atoms with Crippen molar-refractivity contribution in [3.8, 4) is 11.4 Å². The van der Waals surface area contributed by atoms with E-state index >= 15 is 0 Å². The second-order valence-electron chi connectivity index (χ2n) is 4.25. The maximum Gasteiger partial charge on any atom is 0.169 e. The number of hydrogen-bond acceptors (Lipinski definition) is 4. The number of rotatable bonds is 3. The van der Waals surface area contributed by atoms with Gasteiger partial charge in [-0.25, -0.2) is 9.07 Å². The van der Waals surface area contributed by atoms with Gasteiger partial charge < -0.3 is 10.5 Å². The number of methoxy groups -OCH3 is 1. The van der Waals surface area contributed by atoms with Gasteiger partial charge in [-0.2, -0.15) is 0 Å². The van der Waals surface area contributed by atoms with Crippen molar-refractivity contribution in [3.63, 3.8) is 0 Å². The minimum absolute atomic E-state index is 0.144. The Balaban J connectivity index is 2.52. The van der Waals surface area contributed by atoms with Crippen LogP contribution in [0.15, 0.2) is 18.2 Å². The summed E-state index contributed by atoms with van der Waals surface area (Å²) in [6.07, 6.45) is 0. The summed E-state index contributed by atoms with van der Waals surface area (Å²) in [6, 6.07) is 4.60. The van der Waals surface area contributed by atoms with Crippen molar-refractivity contribution in [2.24, 2.45) is 0 Å². The van der Waals surface area contributed by atoms with Crippen LogP contribution in [0, 0.1) is 5.82 Å². The van der Waals surface area contributed by atoms with E-state index in [0.29, 0.717) is 11.5 Å². The first kappa shape index (κ1) is 12.3. The van der Waals surface area contributed by atoms with E-state index in [1.807, 2.05) is 13.8 Å². The highest BCUT2D eigenvalue weighted by atomic mass is 19.1. The van der Waals surface area contributed by atoms with Crippen LogP contribution in [0.5, 0.6) is 5.75 Å². The predicted molar refractivity (Wildman–Crippen MR) is 66.4 cm³/mol. The molecule has 0 saturated carbocycles. The standard InChI is InChI=1S/C12H15FN4O/c1-7(2)11-12(14)15-16-17(11)8-4-5-10(18-3)9(13)6-8/h4-7H,14H2,1-3H3. The molecule has 0 aliphatic heterocycles. The molecule has 0 unspecified atom stereocenters. The molecule has 0 saturated heterocycles. The number of nitrogen functional groups attached to an aromatic ring is 1. The van der Waals surface area contributed by atoms with Crippen LogP contribution in [0.2, 0.25) is 0 Å². The van der Waals surface area contributed by atoms with Crippen molar-refractivity contribution in [2.75, 3.05) is 12.8 Å². The lowest BCUT2D eigenvalue weighted by molar-refractivity contribution is 0.386. The van der Waals surface area contributed by atoms with Gasteiger partial charge in [-0.05, 0) is 18.1 Å². The van der Waals surface area contributed by atoms with E-state index in [2.05, 4.69) is 10.3 Å². The Morgan fingerprint density at radius 2 is 2.11 bits per heavy atom. The summed E-state index contributed by atoms with van der Waals surface area (Å²) in [5.74, 6) is 0.253. The molecule has 0 atom stereocenters. The van der Waals surface area contributed by atoms with Crippen LogP contribution >= 0.6 is 0 Å². The smallest absolute Gasteiger partial charge is 0.169 e. The molecule has 1 heterocycles. The van der Waals surface area contributed by atoms with Crippen LogP contribution in [-0.4, -0.2) is 22.1 Å². The van der Waals surface area contributed by atoms with E-state index in [9.17, 15) is 4.39 Å². The number of aromatic nitrogens is 3. The Bertz CT molecular complexity index is 565. The molecular formula is C12H15FN4O. The molecule has 2 N–H and O–H groups in total. The lowest BCUT2D eigenvalue weighted by Gasteiger charge is -2.10. The molecule has 1 aromatic heterocycles. The van der Waals surface area contributed by atoms with Crippen molar-refractivity contribution in [1.29, 1.82) is 0 Å². The summed E-state index contributed by atoms with van der Waals surface area (Å²) in [4.78, 5) is 0. The van der Waals surface area contributed by atoms with Crippen molar-refractivity contribution >= 4 is 5.82 Å². The quantitative estimate of drug-likeness (QED) is 0.906. The third kappa shape index (κ3) is 2.01. The Kier molecular flexibility index (Phi) is 3.18. The SMILES string of the molecule is COc1ccc(-n2nnc(N)c2C(C)C)cc1F. The average molecular weight is 250 g/mol. The van der Waals surface area contributed by atoms with Gasteiger partial charge in [-0.1, -0.05) is 19.1 Å². The lowest BCUT2D eigenvalue weighted by Crippen LogP contribution is -2.06. The summed E-state index contributed by atoms with van der Waals surface area (Å²) in [6.45, 7) is 3.96. The van der Waals surface area contributed by atoms with Gasteiger partial charge in [0.15, 0.2) is 17.4 Å². The summed E-state index contributed by atoms with van der Waals surface area (Å²) < 4.78 is 20.1. The van der Waals surface area contributed by atoms with Crippen molar-refractivity contribution < 1.29 is 9.13 Å². The molecule has 5 nitrogen and oxygen atoms in total. The highest BCUT2D eigenvalue weighted by Crippen LogP contribution is 2.25. The Hall–Kier alpha value is -2.11. The van der Waals surface area contributed by atoms with E-state index in [1.54, 1.807) is 16.8 Å². The fourth-order valence-corrected chi connectivity index (χ4v) is 1.82. The van der Waals surface area contributed by atoms with Crippen LogP contribution in [-0.2, 0) is 0 Å². The van der Waals surface area contributed by atoms with Gasteiger partial charge in [-0.3, -0.25) is 0 Å². The highest BCUT2D eigenvalue weighted by molar-refractivity contribution is 5.44. The third-order valence-electron chi connectivity index (χ3n) is 2.66. The van der Waals surface area contributed by atoms with Crippen LogP contribution in [0.3, 0.4) is 0 Å². The Morgan fingerprint density at radius 3 is 2.67 bits per heavy atom. The fourth-order valence-electron chi connectivity index (χ4n) is 1.82. The van der Waals surface area contributed by atoms with Crippen LogP contribution in [0.25, 0.3) is 5.69 Å². The van der Waals surface area contributed by atoms with Crippen molar-refractivity contribution in [3.05, 3.63) is 29.7 Å². The zero-order chi connectivity index (χ0) is 13.3. The van der Waals surface area contributed by atoms with Crippen LogP contribution < -0.4 is 10.5 Å². The van der Waals surface area contributed by atoms with Crippen molar-refractivity contribution in [1.82, 2.24) is 15.0 Å². The normalized spacial score (nSPS) is 10.9. The first-order valence-corrected chi connectivity index (χ1v) is 5.59. The van der Waals surface area contributed by atoms with Crippen LogP contribution in [0.1, 0.15) is 25.5 Å². The minimum Gasteiger partial charge on any atom is -0.494 e. The monoisotopic (exact) mass is 250 g/mol. The minimum atomic E-state index is -0.446. The Labute approximate surface area is 104 Å². The van der Waals surface area contributed by atoms with Gasteiger partial charge in [0, 0.05) is 6.07 Å². The van der Waals surface area contributed by atoms with Gasteiger partial charge in [-0.15, -0.1) is 5.10 Å². The molecule has 6 heteroatoms. The average Bonchev–Trinajstić information content (AvgIpc) is 2.71. The maximum atomic E-state index is 13.7. The number of ether oxygens (including phenoxy) is 1. The summed E-state index contributed by atoms with van der Waals surface area (Å²) in [5.41, 5.74) is 7.09. The van der Waals surface area contributed by atoms with E-state index in [1.165, 1.54) is 13.2 Å². The summed E-state index contributed by atoms with van der Waals surface area (Å²) in [5, 5.41) is 7.76. The molecule has 96 valence electrons. The molecule has 1 aromatic carbocycles. The number of hydrogen-bond donors (Lipinski definition) is 1. The molecule has 2 rings (SSSR count). The molecule has 2 aromatic rings.